The molecule has 0 aromatic heterocycles. The maximum absolute atomic E-state index is 11.4. The summed E-state index contributed by atoms with van der Waals surface area (Å²) in [6, 6.07) is 0. The predicted molar refractivity (Wildman–Crippen MR) is 99.2 cm³/mol. The Hall–Kier alpha value is -1.97. The van der Waals surface area contributed by atoms with Gasteiger partial charge in [0.25, 0.3) is 0 Å². The summed E-state index contributed by atoms with van der Waals surface area (Å²) in [6.45, 7) is 8.60. The number of hydrogen-bond donors (Lipinski definition) is 0. The molecule has 0 fully saturated rings. The van der Waals surface area contributed by atoms with Crippen LogP contribution in [0.4, 0.5) is 0 Å². The Morgan fingerprint density at radius 2 is 1.92 bits per heavy atom. The van der Waals surface area contributed by atoms with Gasteiger partial charge in [-0.05, 0) is 45.1 Å². The maximum atomic E-state index is 11.4. The number of allylic oxidation sites excluding steroid dienone is 3. The van der Waals surface area contributed by atoms with Gasteiger partial charge in [0.15, 0.2) is 6.61 Å². The fourth-order valence-corrected chi connectivity index (χ4v) is 2.18. The standard InChI is InChI=1S/C21H30O3/c1-7-15-23-20(22)17-19(4)12-9-11-18(3)13-10-14-21(5,6)24-16-8-2/h1-2,9,12,17-18H,10-11,13-16H2,3-6H3/b12-9+,19-17+. The van der Waals surface area contributed by atoms with Gasteiger partial charge in [-0.3, -0.25) is 0 Å². The van der Waals surface area contributed by atoms with Crippen LogP contribution in [0.5, 0.6) is 0 Å². The van der Waals surface area contributed by atoms with Gasteiger partial charge in [0.05, 0.1) is 5.60 Å². The van der Waals surface area contributed by atoms with Crippen LogP contribution in [0.15, 0.2) is 23.8 Å². The first-order valence-electron chi connectivity index (χ1n) is 8.33. The summed E-state index contributed by atoms with van der Waals surface area (Å²) in [7, 11) is 0. The van der Waals surface area contributed by atoms with E-state index in [1.165, 1.54) is 6.08 Å². The lowest BCUT2D eigenvalue weighted by atomic mass is 9.94. The first kappa shape index (κ1) is 22.0. The van der Waals surface area contributed by atoms with Crippen LogP contribution in [0.3, 0.4) is 0 Å². The maximum Gasteiger partial charge on any atom is 0.331 e. The minimum atomic E-state index is -0.405. The van der Waals surface area contributed by atoms with Crippen molar-refractivity contribution in [2.45, 2.75) is 59.0 Å². The monoisotopic (exact) mass is 330 g/mol. The van der Waals surface area contributed by atoms with Crippen LogP contribution in [0.2, 0.25) is 0 Å². The third kappa shape index (κ3) is 12.6. The van der Waals surface area contributed by atoms with Gasteiger partial charge in [-0.1, -0.05) is 43.8 Å². The van der Waals surface area contributed by atoms with E-state index in [1.807, 2.05) is 13.0 Å². The minimum Gasteiger partial charge on any atom is -0.449 e. The van der Waals surface area contributed by atoms with Crippen molar-refractivity contribution in [3.8, 4) is 24.7 Å². The van der Waals surface area contributed by atoms with E-state index in [9.17, 15) is 4.79 Å². The topological polar surface area (TPSA) is 35.5 Å². The molecule has 1 atom stereocenters. The smallest absolute Gasteiger partial charge is 0.331 e. The molecule has 0 N–H and O–H groups in total. The van der Waals surface area contributed by atoms with E-state index in [4.69, 9.17) is 22.3 Å². The number of carbonyl (C=O) groups is 1. The number of ether oxygens (including phenoxy) is 2. The molecule has 0 aliphatic rings. The Balaban J connectivity index is 4.06. The highest BCUT2D eigenvalue weighted by Crippen LogP contribution is 2.21. The highest BCUT2D eigenvalue weighted by atomic mass is 16.5. The average molecular weight is 330 g/mol. The summed E-state index contributed by atoms with van der Waals surface area (Å²) in [5, 5.41) is 0. The predicted octanol–water partition coefficient (Wildman–Crippen LogP) is 4.29. The lowest BCUT2D eigenvalue weighted by Gasteiger charge is -2.24. The SMILES string of the molecule is C#CCOC(=O)/C=C(C)/C=C/CC(C)CCCC(C)(C)OCC#C. The zero-order valence-corrected chi connectivity index (χ0v) is 15.4. The lowest BCUT2D eigenvalue weighted by molar-refractivity contribution is -0.136. The molecule has 0 rings (SSSR count). The highest BCUT2D eigenvalue weighted by Gasteiger charge is 2.17. The molecular formula is C21H30O3. The summed E-state index contributed by atoms with van der Waals surface area (Å²) in [6.07, 6.45) is 19.9. The fourth-order valence-electron chi connectivity index (χ4n) is 2.18. The molecule has 0 radical (unpaired) electrons. The molecule has 0 amide bonds. The van der Waals surface area contributed by atoms with E-state index in [-0.39, 0.29) is 12.2 Å². The molecule has 0 aromatic rings. The van der Waals surface area contributed by atoms with Crippen molar-refractivity contribution < 1.29 is 14.3 Å². The second-order valence-corrected chi connectivity index (χ2v) is 6.59. The largest absolute Gasteiger partial charge is 0.449 e. The van der Waals surface area contributed by atoms with Crippen LogP contribution < -0.4 is 0 Å². The molecule has 0 saturated carbocycles. The van der Waals surface area contributed by atoms with Crippen molar-refractivity contribution in [3.63, 3.8) is 0 Å². The second-order valence-electron chi connectivity index (χ2n) is 6.59. The molecule has 24 heavy (non-hydrogen) atoms. The quantitative estimate of drug-likeness (QED) is 0.245. The summed E-state index contributed by atoms with van der Waals surface area (Å²) < 4.78 is 10.4. The van der Waals surface area contributed by atoms with Crippen LogP contribution in [0.25, 0.3) is 0 Å². The van der Waals surface area contributed by atoms with Gasteiger partial charge >= 0.3 is 5.97 Å². The Labute approximate surface area is 147 Å². The van der Waals surface area contributed by atoms with Gasteiger partial charge in [-0.15, -0.1) is 12.8 Å². The van der Waals surface area contributed by atoms with Crippen LogP contribution in [0, 0.1) is 30.6 Å². The molecule has 0 spiro atoms. The molecule has 0 aliphatic heterocycles. The zero-order valence-electron chi connectivity index (χ0n) is 15.4. The average Bonchev–Trinajstić information content (AvgIpc) is 2.50. The van der Waals surface area contributed by atoms with E-state index in [1.54, 1.807) is 0 Å². The van der Waals surface area contributed by atoms with Crippen molar-refractivity contribution >= 4 is 5.97 Å². The molecular weight excluding hydrogens is 300 g/mol. The number of hydrogen-bond acceptors (Lipinski definition) is 3. The van der Waals surface area contributed by atoms with E-state index in [0.29, 0.717) is 12.5 Å². The Bertz CT molecular complexity index is 512. The number of carbonyl (C=O) groups excluding carboxylic acids is 1. The highest BCUT2D eigenvalue weighted by molar-refractivity contribution is 5.83. The van der Waals surface area contributed by atoms with Gasteiger partial charge in [0.1, 0.15) is 6.61 Å². The third-order valence-electron chi connectivity index (χ3n) is 3.58. The van der Waals surface area contributed by atoms with Crippen molar-refractivity contribution in [1.82, 2.24) is 0 Å². The summed E-state index contributed by atoms with van der Waals surface area (Å²) >= 11 is 0. The van der Waals surface area contributed by atoms with Crippen LogP contribution in [-0.4, -0.2) is 24.8 Å². The first-order valence-corrected chi connectivity index (χ1v) is 8.33. The number of terminal acetylenes is 2. The summed E-state index contributed by atoms with van der Waals surface area (Å²) in [5.74, 6) is 4.94. The molecule has 0 aromatic carbocycles. The molecule has 0 bridgehead atoms. The molecule has 132 valence electrons. The van der Waals surface area contributed by atoms with Gasteiger partial charge in [-0.25, -0.2) is 4.79 Å². The normalized spacial score (nSPS) is 13.3. The first-order chi connectivity index (χ1) is 11.3. The fraction of sp³-hybridized carbons (Fsp3) is 0.571. The minimum absolute atomic E-state index is 0.00473. The van der Waals surface area contributed by atoms with Gasteiger partial charge in [0.2, 0.25) is 0 Å². The lowest BCUT2D eigenvalue weighted by Crippen LogP contribution is -2.24. The zero-order chi connectivity index (χ0) is 18.4. The van der Waals surface area contributed by atoms with E-state index < -0.39 is 5.97 Å². The molecule has 0 saturated heterocycles. The van der Waals surface area contributed by atoms with Crippen molar-refractivity contribution in [1.29, 1.82) is 0 Å². The second kappa shape index (κ2) is 12.5. The van der Waals surface area contributed by atoms with Crippen molar-refractivity contribution in [2.24, 2.45) is 5.92 Å². The molecule has 0 heterocycles. The molecule has 0 aliphatic carbocycles. The van der Waals surface area contributed by atoms with Crippen LogP contribution in [-0.2, 0) is 14.3 Å². The van der Waals surface area contributed by atoms with Crippen LogP contribution >= 0.6 is 0 Å². The third-order valence-corrected chi connectivity index (χ3v) is 3.58. The Kier molecular flexibility index (Phi) is 11.4. The number of esters is 1. The van der Waals surface area contributed by atoms with E-state index >= 15 is 0 Å². The van der Waals surface area contributed by atoms with Crippen LogP contribution in [0.1, 0.15) is 53.4 Å². The van der Waals surface area contributed by atoms with Gasteiger partial charge in [0, 0.05) is 6.08 Å². The van der Waals surface area contributed by atoms with Gasteiger partial charge < -0.3 is 9.47 Å². The van der Waals surface area contributed by atoms with E-state index in [2.05, 4.69) is 38.7 Å². The van der Waals surface area contributed by atoms with Crippen molar-refractivity contribution in [2.75, 3.05) is 13.2 Å². The summed E-state index contributed by atoms with van der Waals surface area (Å²) in [4.78, 5) is 11.4. The molecule has 3 nitrogen and oxygen atoms in total. The number of rotatable bonds is 11. The van der Waals surface area contributed by atoms with E-state index in [0.717, 1.165) is 31.3 Å². The van der Waals surface area contributed by atoms with Crippen molar-refractivity contribution in [3.05, 3.63) is 23.8 Å². The summed E-state index contributed by atoms with van der Waals surface area (Å²) in [5.41, 5.74) is 0.688. The molecule has 1 unspecified atom stereocenters. The Morgan fingerprint density at radius 3 is 2.54 bits per heavy atom. The Morgan fingerprint density at radius 1 is 1.25 bits per heavy atom. The van der Waals surface area contributed by atoms with Gasteiger partial charge in [-0.2, -0.15) is 0 Å². The molecule has 3 heteroatoms.